The lowest BCUT2D eigenvalue weighted by Gasteiger charge is -2.45. The van der Waals surface area contributed by atoms with Gasteiger partial charge in [-0.1, -0.05) is 12.1 Å². The summed E-state index contributed by atoms with van der Waals surface area (Å²) >= 11 is 5.60. The highest BCUT2D eigenvalue weighted by atomic mass is 32.1. The molecule has 2 fully saturated rings. The summed E-state index contributed by atoms with van der Waals surface area (Å²) in [6.07, 6.45) is 5.14. The molecule has 0 unspecified atom stereocenters. The number of piperidine rings is 2. The monoisotopic (exact) mass is 377 g/mol. The number of primary amides is 1. The zero-order valence-electron chi connectivity index (χ0n) is 15.4. The largest absolute Gasteiger partial charge is 0.495 e. The van der Waals surface area contributed by atoms with E-state index in [2.05, 4.69) is 10.2 Å². The van der Waals surface area contributed by atoms with Gasteiger partial charge in [0.25, 0.3) is 5.91 Å². The van der Waals surface area contributed by atoms with Crippen LogP contribution >= 0.6 is 12.2 Å². The second-order valence-corrected chi connectivity index (χ2v) is 7.61. The normalized spacial score (nSPS) is 20.4. The topological polar surface area (TPSA) is 72.0 Å². The number of hydrogen-bond acceptors (Lipinski definition) is 3. The third-order valence-electron chi connectivity index (χ3n) is 5.86. The van der Waals surface area contributed by atoms with Crippen LogP contribution in [0.15, 0.2) is 24.3 Å². The molecule has 2 heterocycles. The van der Waals surface area contributed by atoms with E-state index < -0.39 is 5.54 Å². The summed E-state index contributed by atoms with van der Waals surface area (Å²) in [5.41, 5.74) is 6.29. The summed E-state index contributed by atoms with van der Waals surface area (Å²) in [6, 6.07) is 7.72. The van der Waals surface area contributed by atoms with Crippen LogP contribution in [0.2, 0.25) is 0 Å². The molecule has 3 rings (SSSR count). The lowest BCUT2D eigenvalue weighted by Crippen LogP contribution is -3.22. The fourth-order valence-corrected chi connectivity index (χ4v) is 4.56. The molecule has 1 amide bonds. The average molecular weight is 378 g/mol. The molecule has 0 bridgehead atoms. The molecule has 0 radical (unpaired) electrons. The number of anilines is 1. The molecule has 2 aliphatic rings. The SMILES string of the molecule is COc1ccccc1NC(=S)N1CCC(C(N)=O)([NH+]2CCCCC2)CC1. The molecule has 7 heteroatoms. The lowest BCUT2D eigenvalue weighted by molar-refractivity contribution is -0.948. The summed E-state index contributed by atoms with van der Waals surface area (Å²) in [4.78, 5) is 15.9. The van der Waals surface area contributed by atoms with Crippen molar-refractivity contribution < 1.29 is 14.4 Å². The molecule has 1 aromatic rings. The van der Waals surface area contributed by atoms with Crippen LogP contribution in [0.4, 0.5) is 5.69 Å². The van der Waals surface area contributed by atoms with E-state index in [1.807, 2.05) is 24.3 Å². The van der Waals surface area contributed by atoms with Crippen LogP contribution in [0.3, 0.4) is 0 Å². The molecular weight excluding hydrogens is 348 g/mol. The van der Waals surface area contributed by atoms with Gasteiger partial charge < -0.3 is 25.6 Å². The Morgan fingerprint density at radius 2 is 1.88 bits per heavy atom. The van der Waals surface area contributed by atoms with E-state index in [4.69, 9.17) is 22.7 Å². The smallest absolute Gasteiger partial charge is 0.278 e. The number of rotatable bonds is 4. The number of nitrogens with two attached hydrogens (primary N) is 1. The van der Waals surface area contributed by atoms with Gasteiger partial charge in [0.2, 0.25) is 0 Å². The van der Waals surface area contributed by atoms with Crippen molar-refractivity contribution in [3.05, 3.63) is 24.3 Å². The molecule has 26 heavy (non-hydrogen) atoms. The Balaban J connectivity index is 1.64. The van der Waals surface area contributed by atoms with Crippen LogP contribution in [0, 0.1) is 0 Å². The van der Waals surface area contributed by atoms with E-state index in [9.17, 15) is 4.79 Å². The van der Waals surface area contributed by atoms with Gasteiger partial charge in [0, 0.05) is 25.9 Å². The second-order valence-electron chi connectivity index (χ2n) is 7.23. The van der Waals surface area contributed by atoms with Crippen LogP contribution in [0.1, 0.15) is 32.1 Å². The number of likely N-dealkylation sites (tertiary alicyclic amines) is 2. The Morgan fingerprint density at radius 3 is 2.50 bits per heavy atom. The number of carbonyl (C=O) groups excluding carboxylic acids is 1. The molecular formula is C19H29N4O2S+. The van der Waals surface area contributed by atoms with Gasteiger partial charge in [-0.3, -0.25) is 4.79 Å². The van der Waals surface area contributed by atoms with E-state index >= 15 is 0 Å². The van der Waals surface area contributed by atoms with Crippen LogP contribution < -0.4 is 20.7 Å². The third kappa shape index (κ3) is 3.78. The zero-order valence-corrected chi connectivity index (χ0v) is 16.2. The average Bonchev–Trinajstić information content (AvgIpc) is 2.69. The van der Waals surface area contributed by atoms with Gasteiger partial charge in [-0.2, -0.15) is 0 Å². The van der Waals surface area contributed by atoms with E-state index in [0.717, 1.165) is 50.5 Å². The molecule has 4 N–H and O–H groups in total. The van der Waals surface area contributed by atoms with Crippen LogP contribution in [0.5, 0.6) is 5.75 Å². The molecule has 0 saturated carbocycles. The number of para-hydroxylation sites is 2. The maximum atomic E-state index is 12.3. The number of ether oxygens (including phenoxy) is 1. The summed E-state index contributed by atoms with van der Waals surface area (Å²) in [5, 5.41) is 3.94. The molecule has 1 aromatic carbocycles. The number of methoxy groups -OCH3 is 1. The fraction of sp³-hybridized carbons (Fsp3) is 0.579. The molecule has 0 aromatic heterocycles. The second kappa shape index (κ2) is 8.22. The van der Waals surface area contributed by atoms with Crippen LogP contribution in [-0.2, 0) is 4.79 Å². The minimum atomic E-state index is -0.434. The standard InChI is InChI=1S/C19H28N4O2S/c1-25-16-8-4-3-7-15(16)21-18(26)22-13-9-19(10-14-22,17(20)24)23-11-5-2-6-12-23/h3-4,7-8H,2,5-6,9-14H2,1H3,(H2,20,24)(H,21,26)/p+1. The first-order valence-electron chi connectivity index (χ1n) is 9.41. The summed E-state index contributed by atoms with van der Waals surface area (Å²) in [6.45, 7) is 3.58. The molecule has 0 aliphatic carbocycles. The predicted octanol–water partition coefficient (Wildman–Crippen LogP) is 0.781. The van der Waals surface area contributed by atoms with Crippen molar-refractivity contribution in [1.82, 2.24) is 4.90 Å². The minimum absolute atomic E-state index is 0.155. The zero-order chi connectivity index (χ0) is 18.6. The van der Waals surface area contributed by atoms with Crippen molar-refractivity contribution in [3.8, 4) is 5.75 Å². The Labute approximate surface area is 160 Å². The van der Waals surface area contributed by atoms with Gasteiger partial charge >= 0.3 is 0 Å². The molecule has 142 valence electrons. The van der Waals surface area contributed by atoms with E-state index in [1.54, 1.807) is 7.11 Å². The molecule has 6 nitrogen and oxygen atoms in total. The van der Waals surface area contributed by atoms with Crippen LogP contribution in [0.25, 0.3) is 0 Å². The number of nitrogens with zero attached hydrogens (tertiary/aromatic N) is 1. The molecule has 0 spiro atoms. The summed E-state index contributed by atoms with van der Waals surface area (Å²) in [7, 11) is 1.65. The number of quaternary nitrogens is 1. The van der Waals surface area contributed by atoms with Crippen molar-refractivity contribution in [1.29, 1.82) is 0 Å². The fourth-order valence-electron chi connectivity index (χ4n) is 4.26. The first-order valence-corrected chi connectivity index (χ1v) is 9.82. The van der Waals surface area contributed by atoms with Crippen molar-refractivity contribution in [2.24, 2.45) is 5.73 Å². The van der Waals surface area contributed by atoms with E-state index in [-0.39, 0.29) is 5.91 Å². The Bertz CT molecular complexity index is 653. The van der Waals surface area contributed by atoms with E-state index in [1.165, 1.54) is 24.2 Å². The highest BCUT2D eigenvalue weighted by Crippen LogP contribution is 2.25. The Kier molecular flexibility index (Phi) is 5.98. The molecule has 2 saturated heterocycles. The first kappa shape index (κ1) is 18.9. The number of benzene rings is 1. The molecule has 2 aliphatic heterocycles. The van der Waals surface area contributed by atoms with Crippen molar-refractivity contribution in [3.63, 3.8) is 0 Å². The lowest BCUT2D eigenvalue weighted by atomic mass is 9.83. The Hall–Kier alpha value is -1.86. The van der Waals surface area contributed by atoms with Gasteiger partial charge in [0.1, 0.15) is 5.75 Å². The van der Waals surface area contributed by atoms with Gasteiger partial charge in [-0.15, -0.1) is 0 Å². The number of nitrogens with one attached hydrogen (secondary N) is 2. The highest BCUT2D eigenvalue weighted by molar-refractivity contribution is 7.80. The first-order chi connectivity index (χ1) is 12.6. The Morgan fingerprint density at radius 1 is 1.23 bits per heavy atom. The van der Waals surface area contributed by atoms with Crippen molar-refractivity contribution in [2.75, 3.05) is 38.6 Å². The van der Waals surface area contributed by atoms with Crippen molar-refractivity contribution >= 4 is 28.9 Å². The molecule has 0 atom stereocenters. The van der Waals surface area contributed by atoms with Crippen molar-refractivity contribution in [2.45, 2.75) is 37.6 Å². The van der Waals surface area contributed by atoms with Gasteiger partial charge in [-0.05, 0) is 43.6 Å². The van der Waals surface area contributed by atoms with Crippen LogP contribution in [-0.4, -0.2) is 54.7 Å². The number of carbonyl (C=O) groups is 1. The third-order valence-corrected chi connectivity index (χ3v) is 6.22. The highest BCUT2D eigenvalue weighted by Gasteiger charge is 2.49. The quantitative estimate of drug-likeness (QED) is 0.677. The maximum absolute atomic E-state index is 12.3. The van der Waals surface area contributed by atoms with Gasteiger partial charge in [-0.25, -0.2) is 0 Å². The van der Waals surface area contributed by atoms with E-state index in [0.29, 0.717) is 5.11 Å². The van der Waals surface area contributed by atoms with Gasteiger partial charge in [0.15, 0.2) is 10.7 Å². The summed E-state index contributed by atoms with van der Waals surface area (Å²) in [5.74, 6) is 0.605. The summed E-state index contributed by atoms with van der Waals surface area (Å²) < 4.78 is 5.37. The number of hydrogen-bond donors (Lipinski definition) is 3. The predicted molar refractivity (Wildman–Crippen MR) is 106 cm³/mol. The number of thiocarbonyl (C=S) groups is 1. The minimum Gasteiger partial charge on any atom is -0.495 e. The van der Waals surface area contributed by atoms with Gasteiger partial charge in [0.05, 0.1) is 25.9 Å². The number of amides is 1. The maximum Gasteiger partial charge on any atom is 0.278 e.